The van der Waals surface area contributed by atoms with Crippen LogP contribution in [0, 0.1) is 20.8 Å². The number of aromatic nitrogens is 2. The summed E-state index contributed by atoms with van der Waals surface area (Å²) in [6.45, 7) is 15.7. The Morgan fingerprint density at radius 2 is 1.55 bits per heavy atom. The highest BCUT2D eigenvalue weighted by Crippen LogP contribution is 2.40. The van der Waals surface area contributed by atoms with E-state index in [-0.39, 0.29) is 0 Å². The molecule has 0 unspecified atom stereocenters. The van der Waals surface area contributed by atoms with Crippen molar-refractivity contribution in [3.8, 4) is 21.8 Å². The molecule has 0 radical (unpaired) electrons. The van der Waals surface area contributed by atoms with Crippen molar-refractivity contribution in [1.82, 2.24) is 4.98 Å². The predicted octanol–water partition coefficient (Wildman–Crippen LogP) is 7.63. The molecule has 2 aromatic heterocycles. The standard InChI is InChI=1S/C28H33N2S/c1-16(2)21-10-9-11-22(17(3)4)27(21)28-29-24-14-25(30(8)15-26(24)31-28)23-13-18(5)12-19(6)20(23)7/h9-17H,1-8H3/q+1. The van der Waals surface area contributed by atoms with Gasteiger partial charge < -0.3 is 0 Å². The van der Waals surface area contributed by atoms with Crippen LogP contribution in [0.4, 0.5) is 0 Å². The molecule has 0 aliphatic heterocycles. The first-order valence-corrected chi connectivity index (χ1v) is 12.0. The Labute approximate surface area is 190 Å². The van der Waals surface area contributed by atoms with Crippen LogP contribution in [-0.4, -0.2) is 4.98 Å². The van der Waals surface area contributed by atoms with E-state index in [0.29, 0.717) is 11.8 Å². The minimum atomic E-state index is 0.463. The van der Waals surface area contributed by atoms with Gasteiger partial charge in [-0.25, -0.2) is 4.98 Å². The lowest BCUT2D eigenvalue weighted by Crippen LogP contribution is -2.30. The zero-order valence-electron chi connectivity index (χ0n) is 20.0. The highest BCUT2D eigenvalue weighted by molar-refractivity contribution is 7.21. The Morgan fingerprint density at radius 3 is 2.16 bits per heavy atom. The maximum atomic E-state index is 5.18. The Kier molecular flexibility index (Phi) is 5.74. The SMILES string of the molecule is Cc1cc(C)c(C)c(-c2cc3nc(-c4c(C(C)C)cccc4C(C)C)sc3c[n+]2C)c1. The van der Waals surface area contributed by atoms with Crippen molar-refractivity contribution in [3.63, 3.8) is 0 Å². The van der Waals surface area contributed by atoms with E-state index in [1.165, 1.54) is 49.3 Å². The number of thiazole rings is 1. The molecule has 160 valence electrons. The first-order chi connectivity index (χ1) is 14.7. The quantitative estimate of drug-likeness (QED) is 0.305. The van der Waals surface area contributed by atoms with Gasteiger partial charge in [0.15, 0.2) is 6.20 Å². The number of fused-ring (bicyclic) bond motifs is 1. The van der Waals surface area contributed by atoms with Crippen LogP contribution < -0.4 is 4.57 Å². The minimum absolute atomic E-state index is 0.463. The molecule has 0 atom stereocenters. The van der Waals surface area contributed by atoms with Gasteiger partial charge in [0.25, 0.3) is 0 Å². The van der Waals surface area contributed by atoms with Crippen LogP contribution in [0.15, 0.2) is 42.6 Å². The normalized spacial score (nSPS) is 11.8. The summed E-state index contributed by atoms with van der Waals surface area (Å²) in [5.41, 5.74) is 11.7. The predicted molar refractivity (Wildman–Crippen MR) is 134 cm³/mol. The summed E-state index contributed by atoms with van der Waals surface area (Å²) < 4.78 is 3.49. The molecule has 0 aliphatic rings. The molecule has 0 N–H and O–H groups in total. The third kappa shape index (κ3) is 3.92. The lowest BCUT2D eigenvalue weighted by Gasteiger charge is -2.17. The molecular formula is C28H33N2S+. The highest BCUT2D eigenvalue weighted by atomic mass is 32.1. The van der Waals surface area contributed by atoms with Crippen LogP contribution in [0.1, 0.15) is 67.3 Å². The molecule has 0 amide bonds. The second-order valence-corrected chi connectivity index (χ2v) is 10.4. The van der Waals surface area contributed by atoms with Crippen molar-refractivity contribution in [3.05, 3.63) is 70.4 Å². The van der Waals surface area contributed by atoms with E-state index < -0.39 is 0 Å². The fourth-order valence-corrected chi connectivity index (χ4v) is 5.60. The first-order valence-electron chi connectivity index (χ1n) is 11.2. The Morgan fingerprint density at radius 1 is 0.903 bits per heavy atom. The van der Waals surface area contributed by atoms with Crippen molar-refractivity contribution in [1.29, 1.82) is 0 Å². The molecule has 0 saturated heterocycles. The molecule has 0 spiro atoms. The third-order valence-corrected chi connectivity index (χ3v) is 7.34. The summed E-state index contributed by atoms with van der Waals surface area (Å²) in [7, 11) is 2.15. The minimum Gasteiger partial charge on any atom is -0.236 e. The smallest absolute Gasteiger partial charge is 0.214 e. The maximum absolute atomic E-state index is 5.18. The molecular weight excluding hydrogens is 396 g/mol. The van der Waals surface area contributed by atoms with Gasteiger partial charge in [0.2, 0.25) is 5.69 Å². The number of pyridine rings is 1. The maximum Gasteiger partial charge on any atom is 0.214 e. The highest BCUT2D eigenvalue weighted by Gasteiger charge is 2.22. The Bertz CT molecular complexity index is 1250. The molecule has 2 heterocycles. The van der Waals surface area contributed by atoms with Crippen LogP contribution in [0.2, 0.25) is 0 Å². The van der Waals surface area contributed by atoms with Crippen LogP contribution in [0.5, 0.6) is 0 Å². The molecule has 0 saturated carbocycles. The van der Waals surface area contributed by atoms with Gasteiger partial charge in [-0.05, 0) is 60.9 Å². The monoisotopic (exact) mass is 429 g/mol. The molecule has 4 aromatic rings. The summed E-state index contributed by atoms with van der Waals surface area (Å²) in [6, 6.07) is 13.5. The summed E-state index contributed by atoms with van der Waals surface area (Å²) in [6.07, 6.45) is 2.25. The van der Waals surface area contributed by atoms with Gasteiger partial charge in [-0.1, -0.05) is 57.5 Å². The fraction of sp³-hybridized carbons (Fsp3) is 0.357. The van der Waals surface area contributed by atoms with E-state index in [0.717, 1.165) is 10.5 Å². The Balaban J connectivity index is 1.95. The van der Waals surface area contributed by atoms with E-state index in [9.17, 15) is 0 Å². The van der Waals surface area contributed by atoms with Gasteiger partial charge in [-0.2, -0.15) is 4.57 Å². The molecule has 2 aromatic carbocycles. The lowest BCUT2D eigenvalue weighted by molar-refractivity contribution is -0.659. The number of nitrogens with zero attached hydrogens (tertiary/aromatic N) is 2. The molecule has 31 heavy (non-hydrogen) atoms. The van der Waals surface area contributed by atoms with Crippen LogP contribution in [0.25, 0.3) is 32.0 Å². The average molecular weight is 430 g/mol. The lowest BCUT2D eigenvalue weighted by atomic mass is 9.89. The van der Waals surface area contributed by atoms with E-state index in [4.69, 9.17) is 4.98 Å². The van der Waals surface area contributed by atoms with Gasteiger partial charge in [0.05, 0.1) is 5.52 Å². The van der Waals surface area contributed by atoms with E-state index in [1.807, 2.05) is 11.3 Å². The second-order valence-electron chi connectivity index (χ2n) is 9.41. The van der Waals surface area contributed by atoms with Crippen LogP contribution >= 0.6 is 11.3 Å². The van der Waals surface area contributed by atoms with Crippen molar-refractivity contribution in [2.24, 2.45) is 7.05 Å². The fourth-order valence-electron chi connectivity index (χ4n) is 4.49. The number of benzene rings is 2. The summed E-state index contributed by atoms with van der Waals surface area (Å²) in [4.78, 5) is 5.18. The van der Waals surface area contributed by atoms with Crippen molar-refractivity contribution in [2.45, 2.75) is 60.3 Å². The van der Waals surface area contributed by atoms with Gasteiger partial charge in [-0.15, -0.1) is 11.3 Å². The molecule has 0 fully saturated rings. The number of hydrogen-bond acceptors (Lipinski definition) is 2. The molecule has 3 heteroatoms. The number of hydrogen-bond donors (Lipinski definition) is 0. The topological polar surface area (TPSA) is 16.8 Å². The number of rotatable bonds is 4. The largest absolute Gasteiger partial charge is 0.236 e. The third-order valence-electron chi connectivity index (χ3n) is 6.32. The summed E-state index contributed by atoms with van der Waals surface area (Å²) >= 11 is 1.81. The van der Waals surface area contributed by atoms with Gasteiger partial charge >= 0.3 is 0 Å². The molecule has 0 bridgehead atoms. The van der Waals surface area contributed by atoms with Crippen molar-refractivity contribution in [2.75, 3.05) is 0 Å². The van der Waals surface area contributed by atoms with E-state index in [2.05, 4.69) is 103 Å². The van der Waals surface area contributed by atoms with Crippen molar-refractivity contribution < 1.29 is 4.57 Å². The molecule has 2 nitrogen and oxygen atoms in total. The van der Waals surface area contributed by atoms with Crippen LogP contribution in [-0.2, 0) is 7.05 Å². The zero-order chi connectivity index (χ0) is 22.4. The zero-order valence-corrected chi connectivity index (χ0v) is 20.8. The van der Waals surface area contributed by atoms with Crippen LogP contribution in [0.3, 0.4) is 0 Å². The van der Waals surface area contributed by atoms with Gasteiger partial charge in [-0.3, -0.25) is 0 Å². The first kappa shape index (κ1) is 21.7. The molecule has 0 aliphatic carbocycles. The van der Waals surface area contributed by atoms with Gasteiger partial charge in [0.1, 0.15) is 16.8 Å². The number of aryl methyl sites for hydroxylation is 3. The van der Waals surface area contributed by atoms with E-state index in [1.54, 1.807) is 0 Å². The van der Waals surface area contributed by atoms with Gasteiger partial charge in [0, 0.05) is 17.2 Å². The second kappa shape index (κ2) is 8.20. The summed E-state index contributed by atoms with van der Waals surface area (Å²) in [5, 5.41) is 1.14. The average Bonchev–Trinajstić information content (AvgIpc) is 3.11. The summed E-state index contributed by atoms with van der Waals surface area (Å²) in [5.74, 6) is 0.926. The van der Waals surface area contributed by atoms with E-state index >= 15 is 0 Å². The van der Waals surface area contributed by atoms with Crippen molar-refractivity contribution >= 4 is 21.6 Å². The Hall–Kier alpha value is -2.52. The molecule has 4 rings (SSSR count).